The first-order chi connectivity index (χ1) is 10.4. The largest absolute Gasteiger partial charge is 0.444 e. The van der Waals surface area contributed by atoms with Gasteiger partial charge >= 0.3 is 6.09 Å². The van der Waals surface area contributed by atoms with Crippen LogP contribution in [0.25, 0.3) is 0 Å². The van der Waals surface area contributed by atoms with E-state index in [1.807, 2.05) is 31.7 Å². The zero-order chi connectivity index (χ0) is 15.9. The minimum absolute atomic E-state index is 0.172. The number of hydrogen-bond acceptors (Lipinski definition) is 5. The number of anilines is 1. The molecule has 6 nitrogen and oxygen atoms in total. The Labute approximate surface area is 130 Å². The minimum Gasteiger partial charge on any atom is -0.444 e. The van der Waals surface area contributed by atoms with Gasteiger partial charge in [0.05, 0.1) is 23.5 Å². The van der Waals surface area contributed by atoms with Crippen molar-refractivity contribution >= 4 is 11.8 Å². The van der Waals surface area contributed by atoms with Crippen molar-refractivity contribution in [2.75, 3.05) is 18.0 Å². The lowest BCUT2D eigenvalue weighted by atomic mass is 10.2. The maximum atomic E-state index is 12.2. The molecule has 3 heterocycles. The van der Waals surface area contributed by atoms with E-state index in [-0.39, 0.29) is 18.2 Å². The maximum absolute atomic E-state index is 12.2. The topological polar surface area (TPSA) is 69.5 Å². The quantitative estimate of drug-likeness (QED) is 0.795. The molecule has 3 rings (SSSR count). The van der Waals surface area contributed by atoms with Gasteiger partial charge in [0.25, 0.3) is 0 Å². The van der Waals surface area contributed by atoms with E-state index in [2.05, 4.69) is 16.0 Å². The van der Waals surface area contributed by atoms with E-state index in [1.54, 1.807) is 12.4 Å². The molecule has 2 aliphatic heterocycles. The SMILES string of the molecule is CC(C)(C)OC(=O)N1C[C@@H]2C[C@H]1CN2c1cncc(C#N)c1. The second-order valence-electron chi connectivity index (χ2n) is 6.87. The standard InChI is InChI=1S/C16H20N4O2/c1-16(2,3)22-15(21)20-10-13-5-14(20)9-19(13)12-4-11(6-17)7-18-8-12/h4,7-8,13-14H,5,9-10H2,1-3H3/t13-,14-/m0/s1. The predicted molar refractivity (Wildman–Crippen MR) is 81.4 cm³/mol. The zero-order valence-electron chi connectivity index (χ0n) is 13.1. The molecule has 6 heteroatoms. The molecule has 1 aromatic heterocycles. The molecule has 0 N–H and O–H groups in total. The maximum Gasteiger partial charge on any atom is 0.410 e. The van der Waals surface area contributed by atoms with Crippen LogP contribution in [0.4, 0.5) is 10.5 Å². The number of amides is 1. The number of hydrogen-bond donors (Lipinski definition) is 0. The molecule has 0 unspecified atom stereocenters. The van der Waals surface area contributed by atoms with Gasteiger partial charge in [-0.05, 0) is 33.3 Å². The number of ether oxygens (including phenoxy) is 1. The van der Waals surface area contributed by atoms with E-state index in [9.17, 15) is 4.79 Å². The predicted octanol–water partition coefficient (Wildman–Crippen LogP) is 2.15. The average molecular weight is 300 g/mol. The summed E-state index contributed by atoms with van der Waals surface area (Å²) in [5.41, 5.74) is 1.04. The molecule has 2 aliphatic rings. The van der Waals surface area contributed by atoms with Crippen molar-refractivity contribution in [1.29, 1.82) is 5.26 Å². The summed E-state index contributed by atoms with van der Waals surface area (Å²) in [5, 5.41) is 8.98. The lowest BCUT2D eigenvalue weighted by Crippen LogP contribution is -2.50. The Bertz CT molecular complexity index is 632. The monoisotopic (exact) mass is 300 g/mol. The molecule has 0 radical (unpaired) electrons. The molecule has 0 aromatic carbocycles. The number of nitriles is 1. The third kappa shape index (κ3) is 2.71. The highest BCUT2D eigenvalue weighted by Crippen LogP contribution is 2.35. The number of aromatic nitrogens is 1. The Morgan fingerprint density at radius 1 is 1.36 bits per heavy atom. The minimum atomic E-state index is -0.469. The average Bonchev–Trinajstić information content (AvgIpc) is 3.05. The molecule has 0 spiro atoms. The van der Waals surface area contributed by atoms with Crippen molar-refractivity contribution in [2.24, 2.45) is 0 Å². The number of likely N-dealkylation sites (tertiary alicyclic amines) is 1. The van der Waals surface area contributed by atoms with E-state index in [0.717, 1.165) is 18.7 Å². The Balaban J connectivity index is 1.69. The van der Waals surface area contributed by atoms with Gasteiger partial charge in [0, 0.05) is 25.3 Å². The van der Waals surface area contributed by atoms with Crippen molar-refractivity contribution < 1.29 is 9.53 Å². The first-order valence-corrected chi connectivity index (χ1v) is 7.49. The second kappa shape index (κ2) is 5.16. The van der Waals surface area contributed by atoms with Gasteiger partial charge in [0.2, 0.25) is 0 Å². The molecule has 22 heavy (non-hydrogen) atoms. The van der Waals surface area contributed by atoms with Crippen LogP contribution in [0.2, 0.25) is 0 Å². The van der Waals surface area contributed by atoms with Crippen LogP contribution in [-0.4, -0.2) is 46.8 Å². The van der Waals surface area contributed by atoms with E-state index in [0.29, 0.717) is 12.1 Å². The fourth-order valence-electron chi connectivity index (χ4n) is 3.17. The van der Waals surface area contributed by atoms with Crippen LogP contribution in [0.15, 0.2) is 18.5 Å². The van der Waals surface area contributed by atoms with Crippen LogP contribution >= 0.6 is 0 Å². The summed E-state index contributed by atoms with van der Waals surface area (Å²) in [6, 6.07) is 4.41. The summed E-state index contributed by atoms with van der Waals surface area (Å²) in [5.74, 6) is 0. The number of fused-ring (bicyclic) bond motifs is 2. The van der Waals surface area contributed by atoms with Crippen LogP contribution < -0.4 is 4.90 Å². The number of rotatable bonds is 1. The van der Waals surface area contributed by atoms with Gasteiger partial charge < -0.3 is 14.5 Å². The number of pyridine rings is 1. The van der Waals surface area contributed by atoms with Crippen LogP contribution in [-0.2, 0) is 4.74 Å². The first kappa shape index (κ1) is 14.6. The zero-order valence-corrected chi connectivity index (χ0v) is 13.1. The lowest BCUT2D eigenvalue weighted by molar-refractivity contribution is 0.0215. The van der Waals surface area contributed by atoms with Crippen LogP contribution in [0, 0.1) is 11.3 Å². The highest BCUT2D eigenvalue weighted by Gasteiger charge is 2.46. The molecule has 2 fully saturated rings. The Kier molecular flexibility index (Phi) is 3.44. The molecule has 2 atom stereocenters. The summed E-state index contributed by atoms with van der Waals surface area (Å²) in [4.78, 5) is 20.4. The van der Waals surface area contributed by atoms with E-state index < -0.39 is 5.60 Å². The smallest absolute Gasteiger partial charge is 0.410 e. The van der Waals surface area contributed by atoms with Gasteiger partial charge in [-0.25, -0.2) is 4.79 Å². The summed E-state index contributed by atoms with van der Waals surface area (Å²) in [7, 11) is 0. The number of nitrogens with zero attached hydrogens (tertiary/aromatic N) is 4. The molecule has 2 bridgehead atoms. The van der Waals surface area contributed by atoms with E-state index >= 15 is 0 Å². The molecule has 1 aromatic rings. The summed E-state index contributed by atoms with van der Waals surface area (Å²) >= 11 is 0. The van der Waals surface area contributed by atoms with Crippen molar-refractivity contribution in [1.82, 2.24) is 9.88 Å². The fourth-order valence-corrected chi connectivity index (χ4v) is 3.17. The second-order valence-corrected chi connectivity index (χ2v) is 6.87. The molecule has 0 aliphatic carbocycles. The normalized spacial score (nSPS) is 23.5. The van der Waals surface area contributed by atoms with Crippen molar-refractivity contribution in [3.05, 3.63) is 24.0 Å². The summed E-state index contributed by atoms with van der Waals surface area (Å²) < 4.78 is 5.46. The van der Waals surface area contributed by atoms with Crippen LogP contribution in [0.3, 0.4) is 0 Å². The van der Waals surface area contributed by atoms with Gasteiger partial charge in [0.15, 0.2) is 0 Å². The molecule has 2 saturated heterocycles. The van der Waals surface area contributed by atoms with Gasteiger partial charge in [-0.1, -0.05) is 0 Å². The van der Waals surface area contributed by atoms with Gasteiger partial charge in [0.1, 0.15) is 11.7 Å². The van der Waals surface area contributed by atoms with Crippen LogP contribution in [0.5, 0.6) is 0 Å². The molecule has 116 valence electrons. The van der Waals surface area contributed by atoms with Crippen molar-refractivity contribution in [3.63, 3.8) is 0 Å². The van der Waals surface area contributed by atoms with E-state index in [4.69, 9.17) is 10.00 Å². The highest BCUT2D eigenvalue weighted by atomic mass is 16.6. The van der Waals surface area contributed by atoms with E-state index in [1.165, 1.54) is 0 Å². The number of carbonyl (C=O) groups excluding carboxylic acids is 1. The molecular formula is C16H20N4O2. The Hall–Kier alpha value is -2.29. The summed E-state index contributed by atoms with van der Waals surface area (Å²) in [6.07, 6.45) is 4.05. The Morgan fingerprint density at radius 2 is 2.14 bits per heavy atom. The number of carbonyl (C=O) groups is 1. The Morgan fingerprint density at radius 3 is 2.73 bits per heavy atom. The number of piperazine rings is 1. The third-order valence-electron chi connectivity index (χ3n) is 4.05. The first-order valence-electron chi connectivity index (χ1n) is 7.49. The summed E-state index contributed by atoms with van der Waals surface area (Å²) in [6.45, 7) is 7.07. The third-order valence-corrected chi connectivity index (χ3v) is 4.05. The lowest BCUT2D eigenvalue weighted by Gasteiger charge is -2.36. The van der Waals surface area contributed by atoms with Crippen molar-refractivity contribution in [3.8, 4) is 6.07 Å². The van der Waals surface area contributed by atoms with Gasteiger partial charge in [-0.3, -0.25) is 4.98 Å². The molecular weight excluding hydrogens is 280 g/mol. The van der Waals surface area contributed by atoms with Gasteiger partial charge in [-0.2, -0.15) is 5.26 Å². The van der Waals surface area contributed by atoms with Gasteiger partial charge in [-0.15, -0.1) is 0 Å². The highest BCUT2D eigenvalue weighted by molar-refractivity contribution is 5.70. The van der Waals surface area contributed by atoms with Crippen LogP contribution in [0.1, 0.15) is 32.8 Å². The fraction of sp³-hybridized carbons (Fsp3) is 0.562. The van der Waals surface area contributed by atoms with Crippen molar-refractivity contribution in [2.45, 2.75) is 44.9 Å². The molecule has 1 amide bonds. The molecule has 0 saturated carbocycles.